The van der Waals surface area contributed by atoms with Crippen molar-refractivity contribution in [2.45, 2.75) is 46.0 Å². The third-order valence-corrected chi connectivity index (χ3v) is 2.82. The number of hydrogen-bond acceptors (Lipinski definition) is 1. The summed E-state index contributed by atoms with van der Waals surface area (Å²) in [6, 6.07) is 7.73. The van der Waals surface area contributed by atoms with E-state index in [9.17, 15) is 4.79 Å². The third kappa shape index (κ3) is 5.11. The lowest BCUT2D eigenvalue weighted by molar-refractivity contribution is 0.100. The SMILES string of the molecule is CC=C=NC(=O)c1ccc(CCCCCC)cc1. The van der Waals surface area contributed by atoms with Gasteiger partial charge in [0.15, 0.2) is 0 Å². The second-order valence-corrected chi connectivity index (χ2v) is 4.34. The van der Waals surface area contributed by atoms with Gasteiger partial charge in [0, 0.05) is 5.56 Å². The topological polar surface area (TPSA) is 29.4 Å². The second-order valence-electron chi connectivity index (χ2n) is 4.34. The Bertz CT molecular complexity index is 425. The molecule has 2 heteroatoms. The van der Waals surface area contributed by atoms with Gasteiger partial charge in [0.1, 0.15) is 0 Å². The molecule has 1 aromatic rings. The number of aryl methyl sites for hydroxylation is 1. The number of hydrogen-bond donors (Lipinski definition) is 0. The fourth-order valence-corrected chi connectivity index (χ4v) is 1.76. The minimum Gasteiger partial charge on any atom is -0.266 e. The van der Waals surface area contributed by atoms with Gasteiger partial charge in [-0.2, -0.15) is 4.99 Å². The molecule has 0 unspecified atom stereocenters. The molecule has 0 fully saturated rings. The molecule has 1 aromatic carbocycles. The maximum absolute atomic E-state index is 11.6. The van der Waals surface area contributed by atoms with Crippen LogP contribution in [0.4, 0.5) is 0 Å². The van der Waals surface area contributed by atoms with Gasteiger partial charge >= 0.3 is 0 Å². The van der Waals surface area contributed by atoms with Crippen LogP contribution < -0.4 is 0 Å². The fraction of sp³-hybridized carbons (Fsp3) is 0.438. The molecule has 0 aliphatic carbocycles. The van der Waals surface area contributed by atoms with E-state index in [0.29, 0.717) is 5.56 Å². The van der Waals surface area contributed by atoms with Crippen LogP contribution in [0.5, 0.6) is 0 Å². The van der Waals surface area contributed by atoms with Crippen LogP contribution in [-0.4, -0.2) is 11.8 Å². The highest BCUT2D eigenvalue weighted by Crippen LogP contribution is 2.10. The van der Waals surface area contributed by atoms with Crippen LogP contribution in [0.25, 0.3) is 0 Å². The molecule has 96 valence electrons. The molecular weight excluding hydrogens is 222 g/mol. The molecular formula is C16H21NO. The smallest absolute Gasteiger partial charge is 0.266 e. The Labute approximate surface area is 109 Å². The van der Waals surface area contributed by atoms with E-state index in [2.05, 4.69) is 17.8 Å². The second kappa shape index (κ2) is 8.43. The van der Waals surface area contributed by atoms with Gasteiger partial charge in [-0.3, -0.25) is 4.79 Å². The first-order valence-electron chi connectivity index (χ1n) is 6.65. The van der Waals surface area contributed by atoms with Crippen LogP contribution in [0, 0.1) is 0 Å². The van der Waals surface area contributed by atoms with Crippen molar-refractivity contribution in [1.82, 2.24) is 0 Å². The van der Waals surface area contributed by atoms with Gasteiger partial charge in [0.05, 0.1) is 0 Å². The minimum atomic E-state index is -0.231. The van der Waals surface area contributed by atoms with Crippen molar-refractivity contribution in [2.75, 3.05) is 0 Å². The van der Waals surface area contributed by atoms with Gasteiger partial charge in [-0.1, -0.05) is 38.3 Å². The van der Waals surface area contributed by atoms with Crippen molar-refractivity contribution in [3.8, 4) is 0 Å². The fourth-order valence-electron chi connectivity index (χ4n) is 1.76. The molecule has 0 aliphatic rings. The molecule has 0 bridgehead atoms. The monoisotopic (exact) mass is 243 g/mol. The number of carbonyl (C=O) groups excluding carboxylic acids is 1. The lowest BCUT2D eigenvalue weighted by atomic mass is 10.0. The van der Waals surface area contributed by atoms with Crippen molar-refractivity contribution in [1.29, 1.82) is 0 Å². The van der Waals surface area contributed by atoms with Gasteiger partial charge in [-0.05, 0) is 49.4 Å². The van der Waals surface area contributed by atoms with E-state index < -0.39 is 0 Å². The van der Waals surface area contributed by atoms with Gasteiger partial charge < -0.3 is 0 Å². The summed E-state index contributed by atoms with van der Waals surface area (Å²) in [4.78, 5) is 15.2. The summed E-state index contributed by atoms with van der Waals surface area (Å²) >= 11 is 0. The molecule has 1 rings (SSSR count). The quantitative estimate of drug-likeness (QED) is 0.544. The number of amides is 1. The zero-order valence-corrected chi connectivity index (χ0v) is 11.3. The van der Waals surface area contributed by atoms with Crippen LogP contribution >= 0.6 is 0 Å². The molecule has 0 radical (unpaired) electrons. The van der Waals surface area contributed by atoms with Crippen molar-refractivity contribution < 1.29 is 4.79 Å². The Morgan fingerprint density at radius 3 is 2.56 bits per heavy atom. The van der Waals surface area contributed by atoms with Crippen LogP contribution in [0.2, 0.25) is 0 Å². The highest BCUT2D eigenvalue weighted by molar-refractivity contribution is 5.98. The summed E-state index contributed by atoms with van der Waals surface area (Å²) in [5.74, 6) is 2.33. The molecule has 0 aliphatic heterocycles. The van der Waals surface area contributed by atoms with E-state index in [1.54, 1.807) is 13.0 Å². The first-order valence-corrected chi connectivity index (χ1v) is 6.65. The van der Waals surface area contributed by atoms with Crippen LogP contribution in [0.15, 0.2) is 35.3 Å². The summed E-state index contributed by atoms with van der Waals surface area (Å²) < 4.78 is 0. The third-order valence-electron chi connectivity index (χ3n) is 2.82. The number of nitrogens with zero attached hydrogens (tertiary/aromatic N) is 1. The zero-order chi connectivity index (χ0) is 13.2. The van der Waals surface area contributed by atoms with E-state index in [0.717, 1.165) is 6.42 Å². The molecule has 0 aromatic heterocycles. The maximum atomic E-state index is 11.6. The van der Waals surface area contributed by atoms with E-state index in [4.69, 9.17) is 0 Å². The Kier molecular flexibility index (Phi) is 6.75. The standard InChI is InChI=1S/C16H21NO/c1-3-5-6-7-8-14-9-11-15(12-10-14)16(18)17-13-4-2/h4,9-12H,3,5-8H2,1-2H3. The molecule has 0 spiro atoms. The van der Waals surface area contributed by atoms with Crippen molar-refractivity contribution in [3.63, 3.8) is 0 Å². The number of aliphatic imine (C=N–C) groups is 1. The molecule has 0 atom stereocenters. The summed E-state index contributed by atoms with van der Waals surface area (Å²) in [6.07, 6.45) is 7.78. The van der Waals surface area contributed by atoms with Gasteiger partial charge in [0.2, 0.25) is 0 Å². The predicted octanol–water partition coefficient (Wildman–Crippen LogP) is 4.20. The van der Waals surface area contributed by atoms with E-state index in [1.165, 1.54) is 31.2 Å². The highest BCUT2D eigenvalue weighted by atomic mass is 16.1. The number of allylic oxidation sites excluding steroid dienone is 1. The first-order chi connectivity index (χ1) is 8.77. The van der Waals surface area contributed by atoms with Crippen molar-refractivity contribution in [3.05, 3.63) is 41.5 Å². The average Bonchev–Trinajstić information content (AvgIpc) is 2.41. The molecule has 0 saturated heterocycles. The molecule has 2 nitrogen and oxygen atoms in total. The predicted molar refractivity (Wildman–Crippen MR) is 76.3 cm³/mol. The van der Waals surface area contributed by atoms with Crippen molar-refractivity contribution >= 4 is 11.8 Å². The van der Waals surface area contributed by atoms with Crippen LogP contribution in [0.1, 0.15) is 55.5 Å². The summed E-state index contributed by atoms with van der Waals surface area (Å²) in [6.45, 7) is 4.00. The summed E-state index contributed by atoms with van der Waals surface area (Å²) in [7, 11) is 0. The lowest BCUT2D eigenvalue weighted by Crippen LogP contribution is -1.95. The summed E-state index contributed by atoms with van der Waals surface area (Å²) in [5, 5.41) is 0. The van der Waals surface area contributed by atoms with Gasteiger partial charge in [-0.15, -0.1) is 0 Å². The van der Waals surface area contributed by atoms with Crippen LogP contribution in [-0.2, 0) is 6.42 Å². The number of carbonyl (C=O) groups is 1. The lowest BCUT2D eigenvalue weighted by Gasteiger charge is -2.01. The van der Waals surface area contributed by atoms with Gasteiger partial charge in [0.25, 0.3) is 5.91 Å². The normalized spacial score (nSPS) is 9.67. The molecule has 0 N–H and O–H groups in total. The first kappa shape index (κ1) is 14.4. The van der Waals surface area contributed by atoms with E-state index in [-0.39, 0.29) is 5.91 Å². The number of rotatable bonds is 6. The molecule has 0 saturated carbocycles. The molecule has 1 amide bonds. The highest BCUT2D eigenvalue weighted by Gasteiger charge is 2.02. The average molecular weight is 243 g/mol. The number of benzene rings is 1. The summed E-state index contributed by atoms with van der Waals surface area (Å²) in [5.41, 5.74) is 1.92. The largest absolute Gasteiger partial charge is 0.285 e. The Hall–Kier alpha value is -1.66. The Morgan fingerprint density at radius 2 is 1.94 bits per heavy atom. The van der Waals surface area contributed by atoms with E-state index >= 15 is 0 Å². The van der Waals surface area contributed by atoms with Crippen LogP contribution in [0.3, 0.4) is 0 Å². The zero-order valence-electron chi connectivity index (χ0n) is 11.3. The Balaban J connectivity index is 2.52. The minimum absolute atomic E-state index is 0.231. The Morgan fingerprint density at radius 1 is 1.22 bits per heavy atom. The molecule has 18 heavy (non-hydrogen) atoms. The van der Waals surface area contributed by atoms with E-state index in [1.807, 2.05) is 24.3 Å². The molecule has 0 heterocycles. The number of unbranched alkanes of at least 4 members (excludes halogenated alkanes) is 3. The maximum Gasteiger partial charge on any atom is 0.285 e. The van der Waals surface area contributed by atoms with Gasteiger partial charge in [-0.25, -0.2) is 0 Å². The van der Waals surface area contributed by atoms with Crippen molar-refractivity contribution in [2.24, 2.45) is 4.99 Å².